The van der Waals surface area contributed by atoms with Gasteiger partial charge in [-0.2, -0.15) is 0 Å². The minimum Gasteiger partial charge on any atom is -0.472 e. The number of carbonyl (C=O) groups is 2. The number of rotatable bonds is 6. The molecule has 1 aliphatic rings. The van der Waals surface area contributed by atoms with E-state index >= 15 is 0 Å². The maximum absolute atomic E-state index is 14.5. The van der Waals surface area contributed by atoms with E-state index in [4.69, 9.17) is 4.74 Å². The summed E-state index contributed by atoms with van der Waals surface area (Å²) in [6.45, 7) is 3.97. The highest BCUT2D eigenvalue weighted by molar-refractivity contribution is 5.98. The summed E-state index contributed by atoms with van der Waals surface area (Å²) in [7, 11) is 1.67. The molecular formula is C27H29FN4O4. The van der Waals surface area contributed by atoms with Crippen LogP contribution in [-0.2, 0) is 0 Å². The Hall–Kier alpha value is -3.85. The molecule has 0 saturated heterocycles. The van der Waals surface area contributed by atoms with Crippen LogP contribution in [0.2, 0.25) is 0 Å². The van der Waals surface area contributed by atoms with Gasteiger partial charge in [0.2, 0.25) is 5.88 Å². The van der Waals surface area contributed by atoms with E-state index in [2.05, 4.69) is 9.97 Å². The summed E-state index contributed by atoms with van der Waals surface area (Å²) in [5.41, 5.74) is 1.24. The molecular weight excluding hydrogens is 463 g/mol. The molecule has 36 heavy (non-hydrogen) atoms. The highest BCUT2D eigenvalue weighted by Crippen LogP contribution is 2.31. The summed E-state index contributed by atoms with van der Waals surface area (Å²) in [5.74, 6) is -1.14. The second-order valence-electron chi connectivity index (χ2n) is 9.08. The van der Waals surface area contributed by atoms with Gasteiger partial charge in [0.25, 0.3) is 11.8 Å². The average molecular weight is 493 g/mol. The number of nitrogens with zero attached hydrogens (tertiary/aromatic N) is 4. The van der Waals surface area contributed by atoms with Gasteiger partial charge in [-0.1, -0.05) is 31.2 Å². The Morgan fingerprint density at radius 3 is 2.67 bits per heavy atom. The van der Waals surface area contributed by atoms with Gasteiger partial charge in [-0.3, -0.25) is 14.6 Å². The fourth-order valence-corrected chi connectivity index (χ4v) is 4.20. The van der Waals surface area contributed by atoms with E-state index in [0.717, 1.165) is 0 Å². The largest absolute Gasteiger partial charge is 0.472 e. The number of aliphatic hydroxyl groups is 1. The first-order chi connectivity index (χ1) is 17.3. The molecule has 1 N–H and O–H groups in total. The van der Waals surface area contributed by atoms with Crippen molar-refractivity contribution in [2.45, 2.75) is 26.0 Å². The maximum atomic E-state index is 14.5. The normalized spacial score (nSPS) is 18.5. The molecule has 1 aromatic carbocycles. The predicted molar refractivity (Wildman–Crippen MR) is 132 cm³/mol. The molecule has 0 aliphatic carbocycles. The molecule has 0 spiro atoms. The van der Waals surface area contributed by atoms with Crippen molar-refractivity contribution in [2.75, 3.05) is 26.7 Å². The van der Waals surface area contributed by atoms with Gasteiger partial charge >= 0.3 is 0 Å². The summed E-state index contributed by atoms with van der Waals surface area (Å²) < 4.78 is 20.7. The zero-order chi connectivity index (χ0) is 25.8. The standard InChI is InChI=1S/C27H29FN4O4/c1-17-14-32(18(2)16-33)26(34)21-12-19(20-8-4-5-9-22(20)28)13-30-25(21)36-24(17)15-31(3)27(35)23-10-6-7-11-29-23/h4-13,17-18,24,33H,14-16H2,1-3H3/t17-,18-,24-/m1/s1. The summed E-state index contributed by atoms with van der Waals surface area (Å²) in [6, 6.07) is 12.5. The average Bonchev–Trinajstić information content (AvgIpc) is 2.90. The third kappa shape index (κ3) is 5.21. The number of ether oxygens (including phenoxy) is 1. The van der Waals surface area contributed by atoms with Crippen LogP contribution in [0.5, 0.6) is 5.88 Å². The molecule has 188 valence electrons. The van der Waals surface area contributed by atoms with E-state index < -0.39 is 18.0 Å². The number of benzene rings is 1. The highest BCUT2D eigenvalue weighted by atomic mass is 19.1. The van der Waals surface area contributed by atoms with Crippen LogP contribution in [0, 0.1) is 11.7 Å². The predicted octanol–water partition coefficient (Wildman–Crippen LogP) is 3.28. The van der Waals surface area contributed by atoms with E-state index in [1.165, 1.54) is 17.2 Å². The lowest BCUT2D eigenvalue weighted by atomic mass is 9.99. The van der Waals surface area contributed by atoms with Crippen molar-refractivity contribution in [3.8, 4) is 17.0 Å². The number of aliphatic hydroxyl groups excluding tert-OH is 1. The molecule has 2 amide bonds. The van der Waals surface area contributed by atoms with Crippen molar-refractivity contribution >= 4 is 11.8 Å². The Morgan fingerprint density at radius 2 is 1.97 bits per heavy atom. The smallest absolute Gasteiger partial charge is 0.272 e. The Bertz CT molecular complexity index is 1240. The monoisotopic (exact) mass is 492 g/mol. The topological polar surface area (TPSA) is 95.9 Å². The van der Waals surface area contributed by atoms with Gasteiger partial charge in [-0.05, 0) is 31.2 Å². The number of fused-ring (bicyclic) bond motifs is 1. The Kier molecular flexibility index (Phi) is 7.59. The molecule has 3 aromatic rings. The third-order valence-electron chi connectivity index (χ3n) is 6.39. The van der Waals surface area contributed by atoms with Gasteiger partial charge in [0.05, 0.1) is 19.2 Å². The lowest BCUT2D eigenvalue weighted by Crippen LogP contribution is -2.50. The van der Waals surface area contributed by atoms with Crippen LogP contribution in [0.15, 0.2) is 60.9 Å². The Labute approximate surface area is 209 Å². The van der Waals surface area contributed by atoms with Gasteiger partial charge in [0, 0.05) is 43.0 Å². The zero-order valence-corrected chi connectivity index (χ0v) is 20.5. The molecule has 0 radical (unpaired) electrons. The summed E-state index contributed by atoms with van der Waals surface area (Å²) >= 11 is 0. The highest BCUT2D eigenvalue weighted by Gasteiger charge is 2.35. The number of pyridine rings is 2. The van der Waals surface area contributed by atoms with Gasteiger partial charge in [-0.15, -0.1) is 0 Å². The van der Waals surface area contributed by atoms with E-state index in [1.54, 1.807) is 67.5 Å². The van der Waals surface area contributed by atoms with Crippen molar-refractivity contribution in [3.05, 3.63) is 78.0 Å². The van der Waals surface area contributed by atoms with Gasteiger partial charge < -0.3 is 19.6 Å². The lowest BCUT2D eigenvalue weighted by molar-refractivity contribution is 0.0312. The fraction of sp³-hybridized carbons (Fsp3) is 0.333. The molecule has 8 nitrogen and oxygen atoms in total. The number of likely N-dealkylation sites (N-methyl/N-ethyl adjacent to an activating group) is 1. The van der Waals surface area contributed by atoms with Crippen molar-refractivity contribution in [1.82, 2.24) is 19.8 Å². The maximum Gasteiger partial charge on any atom is 0.272 e. The van der Waals surface area contributed by atoms with Crippen LogP contribution >= 0.6 is 0 Å². The van der Waals surface area contributed by atoms with Crippen LogP contribution in [0.25, 0.3) is 11.1 Å². The first-order valence-electron chi connectivity index (χ1n) is 11.8. The van der Waals surface area contributed by atoms with E-state index in [9.17, 15) is 19.1 Å². The number of amides is 2. The van der Waals surface area contributed by atoms with Crippen molar-refractivity contribution in [2.24, 2.45) is 5.92 Å². The molecule has 0 fully saturated rings. The van der Waals surface area contributed by atoms with Crippen LogP contribution in [0.1, 0.15) is 34.7 Å². The van der Waals surface area contributed by atoms with Crippen LogP contribution in [0.4, 0.5) is 4.39 Å². The molecule has 0 bridgehead atoms. The van der Waals surface area contributed by atoms with E-state index in [0.29, 0.717) is 23.4 Å². The third-order valence-corrected chi connectivity index (χ3v) is 6.39. The van der Waals surface area contributed by atoms with Gasteiger partial charge in [-0.25, -0.2) is 9.37 Å². The second-order valence-corrected chi connectivity index (χ2v) is 9.08. The first kappa shape index (κ1) is 25.2. The minimum atomic E-state index is -0.505. The molecule has 0 unspecified atom stereocenters. The number of hydrogen-bond acceptors (Lipinski definition) is 6. The minimum absolute atomic E-state index is 0.102. The van der Waals surface area contributed by atoms with Crippen molar-refractivity contribution in [1.29, 1.82) is 0 Å². The first-order valence-corrected chi connectivity index (χ1v) is 11.8. The van der Waals surface area contributed by atoms with Crippen LogP contribution in [-0.4, -0.2) is 75.6 Å². The lowest BCUT2D eigenvalue weighted by Gasteiger charge is -2.37. The summed E-state index contributed by atoms with van der Waals surface area (Å²) in [5, 5.41) is 9.83. The number of halogens is 1. The quantitative estimate of drug-likeness (QED) is 0.568. The Morgan fingerprint density at radius 1 is 1.22 bits per heavy atom. The van der Waals surface area contributed by atoms with Crippen molar-refractivity contribution in [3.63, 3.8) is 0 Å². The molecule has 1 aliphatic heterocycles. The summed E-state index contributed by atoms with van der Waals surface area (Å²) in [6.07, 6.45) is 2.52. The second kappa shape index (κ2) is 10.8. The van der Waals surface area contributed by atoms with Gasteiger partial charge in [0.1, 0.15) is 23.2 Å². The molecule has 9 heteroatoms. The molecule has 4 rings (SSSR count). The van der Waals surface area contributed by atoms with Crippen molar-refractivity contribution < 1.29 is 23.8 Å². The molecule has 0 saturated carbocycles. The van der Waals surface area contributed by atoms with Crippen LogP contribution in [0.3, 0.4) is 0 Å². The Balaban J connectivity index is 1.70. The van der Waals surface area contributed by atoms with Crippen LogP contribution < -0.4 is 4.74 Å². The zero-order valence-electron chi connectivity index (χ0n) is 20.5. The number of hydrogen-bond donors (Lipinski definition) is 1. The SMILES string of the molecule is C[C@@H]1CN([C@H](C)CO)C(=O)c2cc(-c3ccccc3F)cnc2O[C@@H]1CN(C)C(=O)c1ccccn1. The van der Waals surface area contributed by atoms with Gasteiger partial charge in [0.15, 0.2) is 0 Å². The molecule has 3 atom stereocenters. The number of aromatic nitrogens is 2. The molecule has 2 aromatic heterocycles. The van der Waals surface area contributed by atoms with E-state index in [-0.39, 0.29) is 42.3 Å². The molecule has 3 heterocycles. The number of carbonyl (C=O) groups excluding carboxylic acids is 2. The van der Waals surface area contributed by atoms with E-state index in [1.807, 2.05) is 6.92 Å². The fourth-order valence-electron chi connectivity index (χ4n) is 4.20. The summed E-state index contributed by atoms with van der Waals surface area (Å²) in [4.78, 5) is 38.1.